The molecule has 0 amide bonds. The summed E-state index contributed by atoms with van der Waals surface area (Å²) >= 11 is 13.7. The van der Waals surface area contributed by atoms with E-state index >= 15 is 0 Å². The Labute approximate surface area is 154 Å². The van der Waals surface area contributed by atoms with Gasteiger partial charge in [-0.1, -0.05) is 31.9 Å². The third-order valence-corrected chi connectivity index (χ3v) is 5.60. The van der Waals surface area contributed by atoms with E-state index in [2.05, 4.69) is 31.9 Å². The minimum absolute atomic E-state index is 0.113. The van der Waals surface area contributed by atoms with E-state index in [4.69, 9.17) is 22.3 Å². The van der Waals surface area contributed by atoms with Gasteiger partial charge < -0.3 is 0 Å². The van der Waals surface area contributed by atoms with Gasteiger partial charge in [0.25, 0.3) is 9.05 Å². The topological polar surface area (TPSA) is 34.1 Å². The highest BCUT2D eigenvalue weighted by Crippen LogP contribution is 2.21. The smallest absolute Gasteiger partial charge is 0.207 e. The Bertz CT molecular complexity index is 660. The maximum Gasteiger partial charge on any atom is 0.261 e. The fraction of sp³-hybridized carbons (Fsp3) is 0.0769. The summed E-state index contributed by atoms with van der Waals surface area (Å²) in [5.74, 6) is 0. The van der Waals surface area contributed by atoms with Crippen LogP contribution in [0.3, 0.4) is 0 Å². The summed E-state index contributed by atoms with van der Waals surface area (Å²) in [5, 5.41) is 0.613. The van der Waals surface area contributed by atoms with Crippen molar-refractivity contribution in [2.24, 2.45) is 0 Å². The molecule has 0 unspecified atom stereocenters. The molecular weight excluding hydrogens is 483 g/mol. The van der Waals surface area contributed by atoms with E-state index < -0.39 is 9.05 Å². The third-order valence-electron chi connectivity index (χ3n) is 2.13. The molecule has 114 valence electrons. The second kappa shape index (κ2) is 9.43. The van der Waals surface area contributed by atoms with Crippen LogP contribution in [-0.4, -0.2) is 13.6 Å². The van der Waals surface area contributed by atoms with Crippen LogP contribution in [0.2, 0.25) is 0 Å². The first-order valence-electron chi connectivity index (χ1n) is 5.47. The van der Waals surface area contributed by atoms with Gasteiger partial charge in [-0.05, 0) is 48.5 Å². The molecule has 0 radical (unpaired) electrons. The number of alkyl halides is 1. The van der Waals surface area contributed by atoms with Crippen LogP contribution in [0.5, 0.6) is 0 Å². The van der Waals surface area contributed by atoms with E-state index in [0.29, 0.717) is 5.21 Å². The van der Waals surface area contributed by atoms with Crippen LogP contribution in [0.4, 0.5) is 0 Å². The minimum Gasteiger partial charge on any atom is -0.207 e. The molecule has 0 aromatic heterocycles. The Morgan fingerprint density at radius 2 is 1.33 bits per heavy atom. The molecule has 0 atom stereocenters. The summed E-state index contributed by atoms with van der Waals surface area (Å²) in [5.41, 5.74) is 0. The van der Waals surface area contributed by atoms with Crippen LogP contribution in [0.25, 0.3) is 0 Å². The van der Waals surface area contributed by atoms with Crippen molar-refractivity contribution in [1.82, 2.24) is 0 Å². The molecule has 8 heteroatoms. The van der Waals surface area contributed by atoms with Crippen molar-refractivity contribution in [3.8, 4) is 0 Å². The summed E-state index contributed by atoms with van der Waals surface area (Å²) in [6.07, 6.45) is 0. The zero-order valence-electron chi connectivity index (χ0n) is 10.5. The quantitative estimate of drug-likeness (QED) is 0.294. The Hall–Kier alpha value is 0.280. The zero-order chi connectivity index (χ0) is 15.9. The highest BCUT2D eigenvalue weighted by molar-refractivity contribution is 9.10. The fourth-order valence-electron chi connectivity index (χ4n) is 1.19. The SMILES string of the molecule is ClCSc1ccc(Br)cc1.O=S(=O)(Cl)c1ccc(Br)cc1. The Balaban J connectivity index is 0.000000211. The molecule has 0 N–H and O–H groups in total. The van der Waals surface area contributed by atoms with Crippen molar-refractivity contribution in [2.75, 3.05) is 5.21 Å². The van der Waals surface area contributed by atoms with Gasteiger partial charge in [-0.2, -0.15) is 0 Å². The molecule has 0 bridgehead atoms. The Kier molecular flexibility index (Phi) is 8.67. The third kappa shape index (κ3) is 7.90. The van der Waals surface area contributed by atoms with E-state index in [9.17, 15) is 8.42 Å². The molecule has 0 fully saturated rings. The van der Waals surface area contributed by atoms with E-state index in [1.54, 1.807) is 23.9 Å². The predicted molar refractivity (Wildman–Crippen MR) is 97.9 cm³/mol. The van der Waals surface area contributed by atoms with E-state index in [1.165, 1.54) is 17.0 Å². The van der Waals surface area contributed by atoms with Gasteiger partial charge in [-0.25, -0.2) is 8.42 Å². The zero-order valence-corrected chi connectivity index (χ0v) is 16.8. The van der Waals surface area contributed by atoms with Crippen molar-refractivity contribution in [2.45, 2.75) is 9.79 Å². The first-order chi connectivity index (χ1) is 9.82. The second-order valence-corrected chi connectivity index (χ2v) is 9.63. The summed E-state index contributed by atoms with van der Waals surface area (Å²) in [4.78, 5) is 1.32. The van der Waals surface area contributed by atoms with Crippen molar-refractivity contribution < 1.29 is 8.42 Å². The van der Waals surface area contributed by atoms with Gasteiger partial charge in [-0.15, -0.1) is 23.4 Å². The molecule has 0 aliphatic rings. The van der Waals surface area contributed by atoms with Gasteiger partial charge >= 0.3 is 0 Å². The standard InChI is InChI=1S/C7H6BrClS.C6H4BrClO2S/c8-6-1-3-7(4-2-6)10-5-9;7-5-1-3-6(4-2-5)11(8,9)10/h1-4H,5H2;1-4H. The maximum absolute atomic E-state index is 10.7. The largest absolute Gasteiger partial charge is 0.261 e. The van der Waals surface area contributed by atoms with Gasteiger partial charge in [0.2, 0.25) is 0 Å². The number of thioether (sulfide) groups is 1. The van der Waals surface area contributed by atoms with Crippen LogP contribution in [0.15, 0.2) is 67.3 Å². The molecular formula is C13H10Br2Cl2O2S2. The molecule has 2 aromatic rings. The second-order valence-electron chi connectivity index (χ2n) is 3.60. The Morgan fingerprint density at radius 1 is 0.905 bits per heavy atom. The predicted octanol–water partition coefficient (Wildman–Crippen LogP) is 6.11. The molecule has 2 nitrogen and oxygen atoms in total. The normalized spacial score (nSPS) is 10.7. The van der Waals surface area contributed by atoms with Crippen LogP contribution in [0, 0.1) is 0 Å². The van der Waals surface area contributed by atoms with Crippen molar-refractivity contribution >= 4 is 75.0 Å². The van der Waals surface area contributed by atoms with Gasteiger partial charge in [0.1, 0.15) is 0 Å². The lowest BCUT2D eigenvalue weighted by Crippen LogP contribution is -1.88. The average molecular weight is 493 g/mol. The molecule has 0 aliphatic heterocycles. The number of hydrogen-bond donors (Lipinski definition) is 0. The van der Waals surface area contributed by atoms with Crippen LogP contribution in [0.1, 0.15) is 0 Å². The highest BCUT2D eigenvalue weighted by Gasteiger charge is 2.07. The summed E-state index contributed by atoms with van der Waals surface area (Å²) in [6.45, 7) is 0. The van der Waals surface area contributed by atoms with Crippen LogP contribution < -0.4 is 0 Å². The molecule has 2 aromatic carbocycles. The van der Waals surface area contributed by atoms with Gasteiger partial charge in [0.15, 0.2) is 0 Å². The number of rotatable bonds is 3. The van der Waals surface area contributed by atoms with Crippen molar-refractivity contribution in [3.63, 3.8) is 0 Å². The molecule has 0 saturated heterocycles. The lowest BCUT2D eigenvalue weighted by atomic mass is 10.4. The number of benzene rings is 2. The summed E-state index contributed by atoms with van der Waals surface area (Å²) in [7, 11) is 1.50. The fourth-order valence-corrected chi connectivity index (χ4v) is 3.32. The highest BCUT2D eigenvalue weighted by atomic mass is 79.9. The number of hydrogen-bond acceptors (Lipinski definition) is 3. The first-order valence-corrected chi connectivity index (χ1v) is 10.9. The lowest BCUT2D eigenvalue weighted by molar-refractivity contribution is 0.609. The Morgan fingerprint density at radius 3 is 1.71 bits per heavy atom. The molecule has 0 saturated carbocycles. The van der Waals surface area contributed by atoms with Crippen molar-refractivity contribution in [3.05, 3.63) is 57.5 Å². The minimum atomic E-state index is -3.57. The van der Waals surface area contributed by atoms with Gasteiger partial charge in [0.05, 0.1) is 10.1 Å². The average Bonchev–Trinajstić information content (AvgIpc) is 2.42. The maximum atomic E-state index is 10.7. The first kappa shape index (κ1) is 19.3. The van der Waals surface area contributed by atoms with E-state index in [1.807, 2.05) is 24.3 Å². The molecule has 0 spiro atoms. The molecule has 0 aliphatic carbocycles. The molecule has 0 heterocycles. The van der Waals surface area contributed by atoms with E-state index in [-0.39, 0.29) is 4.90 Å². The van der Waals surface area contributed by atoms with E-state index in [0.717, 1.165) is 8.95 Å². The van der Waals surface area contributed by atoms with Gasteiger partial charge in [0, 0.05) is 24.5 Å². The monoisotopic (exact) mass is 490 g/mol. The summed E-state index contributed by atoms with van der Waals surface area (Å²) in [6, 6.07) is 14.2. The van der Waals surface area contributed by atoms with Crippen LogP contribution >= 0.6 is 65.9 Å². The van der Waals surface area contributed by atoms with Crippen molar-refractivity contribution in [1.29, 1.82) is 0 Å². The molecule has 21 heavy (non-hydrogen) atoms. The van der Waals surface area contributed by atoms with Crippen LogP contribution in [-0.2, 0) is 9.05 Å². The summed E-state index contributed by atoms with van der Waals surface area (Å²) < 4.78 is 23.3. The lowest BCUT2D eigenvalue weighted by Gasteiger charge is -1.95. The molecule has 2 rings (SSSR count). The van der Waals surface area contributed by atoms with Gasteiger partial charge in [-0.3, -0.25) is 0 Å². The number of halogens is 4.